The molecule has 0 heterocycles. The molecule has 62 valence electrons. The van der Waals surface area contributed by atoms with Gasteiger partial charge in [-0.1, -0.05) is 6.42 Å². The number of fused-ring (bicyclic) bond motifs is 1. The largest absolute Gasteiger partial charge is 0.459 e. The summed E-state index contributed by atoms with van der Waals surface area (Å²) < 4.78 is 5.31. The zero-order valence-electron chi connectivity index (χ0n) is 6.93. The Hall–Kier alpha value is -0.530. The van der Waals surface area contributed by atoms with Gasteiger partial charge >= 0.3 is 5.97 Å². The smallest absolute Gasteiger partial charge is 0.303 e. The molecule has 0 saturated heterocycles. The maximum atomic E-state index is 10.7. The molecule has 0 spiro atoms. The van der Waals surface area contributed by atoms with E-state index in [0.717, 1.165) is 12.8 Å². The molecule has 0 radical (unpaired) electrons. The number of esters is 1. The molecule has 0 aromatic heterocycles. The molecule has 0 aromatic rings. The molecule has 2 saturated carbocycles. The van der Waals surface area contributed by atoms with Crippen LogP contribution in [0.3, 0.4) is 0 Å². The first-order valence-electron chi connectivity index (χ1n) is 4.42. The van der Waals surface area contributed by atoms with E-state index in [0.29, 0.717) is 5.92 Å². The van der Waals surface area contributed by atoms with Gasteiger partial charge in [0.25, 0.3) is 0 Å². The maximum Gasteiger partial charge on any atom is 0.303 e. The highest BCUT2D eigenvalue weighted by molar-refractivity contribution is 5.67. The first-order chi connectivity index (χ1) is 5.23. The summed E-state index contributed by atoms with van der Waals surface area (Å²) >= 11 is 0. The van der Waals surface area contributed by atoms with Crippen LogP contribution in [-0.4, -0.2) is 11.6 Å². The summed E-state index contributed by atoms with van der Waals surface area (Å²) in [5, 5.41) is 0. The Labute approximate surface area is 66.9 Å². The molecular weight excluding hydrogens is 140 g/mol. The van der Waals surface area contributed by atoms with Crippen molar-refractivity contribution in [2.45, 2.75) is 44.6 Å². The number of carbonyl (C=O) groups is 1. The van der Waals surface area contributed by atoms with Crippen molar-refractivity contribution in [3.63, 3.8) is 0 Å². The van der Waals surface area contributed by atoms with E-state index >= 15 is 0 Å². The first kappa shape index (κ1) is 7.14. The van der Waals surface area contributed by atoms with Gasteiger partial charge in [0.1, 0.15) is 5.60 Å². The molecular formula is C9H14O2. The van der Waals surface area contributed by atoms with Crippen LogP contribution in [0.1, 0.15) is 39.0 Å². The zero-order valence-corrected chi connectivity index (χ0v) is 6.93. The molecule has 0 bridgehead atoms. The summed E-state index contributed by atoms with van der Waals surface area (Å²) in [6.45, 7) is 1.51. The van der Waals surface area contributed by atoms with Crippen molar-refractivity contribution in [3.8, 4) is 0 Å². The quantitative estimate of drug-likeness (QED) is 0.539. The zero-order chi connectivity index (χ0) is 7.90. The Morgan fingerprint density at radius 3 is 3.00 bits per heavy atom. The van der Waals surface area contributed by atoms with Crippen LogP contribution in [0, 0.1) is 5.92 Å². The van der Waals surface area contributed by atoms with Gasteiger partial charge in [0.2, 0.25) is 0 Å². The summed E-state index contributed by atoms with van der Waals surface area (Å²) in [4.78, 5) is 10.7. The third-order valence-electron chi connectivity index (χ3n) is 2.93. The van der Waals surface area contributed by atoms with Gasteiger partial charge in [-0.3, -0.25) is 4.79 Å². The molecule has 0 unspecified atom stereocenters. The lowest BCUT2D eigenvalue weighted by molar-refractivity contribution is -0.150. The molecule has 2 rings (SSSR count). The Bertz CT molecular complexity index is 188. The second-order valence-corrected chi connectivity index (χ2v) is 3.81. The molecule has 2 heteroatoms. The van der Waals surface area contributed by atoms with Gasteiger partial charge in [0.05, 0.1) is 0 Å². The van der Waals surface area contributed by atoms with E-state index in [9.17, 15) is 4.79 Å². The highest BCUT2D eigenvalue weighted by Gasteiger charge is 2.57. The standard InChI is InChI=1S/C9H14O2/c1-7(10)11-9-5-3-2-4-8(9)6-9/h8H,2-6H2,1H3/t8-,9-/m1/s1. The maximum absolute atomic E-state index is 10.7. The van der Waals surface area contributed by atoms with Crippen LogP contribution in [0.4, 0.5) is 0 Å². The lowest BCUT2D eigenvalue weighted by Crippen LogP contribution is -2.22. The number of hydrogen-bond acceptors (Lipinski definition) is 2. The van der Waals surface area contributed by atoms with E-state index in [2.05, 4.69) is 0 Å². The minimum absolute atomic E-state index is 0.0179. The predicted octanol–water partition coefficient (Wildman–Crippen LogP) is 1.88. The fraction of sp³-hybridized carbons (Fsp3) is 0.889. The lowest BCUT2D eigenvalue weighted by Gasteiger charge is -2.21. The highest BCUT2D eigenvalue weighted by atomic mass is 16.6. The average Bonchev–Trinajstić information content (AvgIpc) is 2.59. The van der Waals surface area contributed by atoms with Crippen molar-refractivity contribution in [2.75, 3.05) is 0 Å². The predicted molar refractivity (Wildman–Crippen MR) is 41.1 cm³/mol. The van der Waals surface area contributed by atoms with E-state index in [-0.39, 0.29) is 11.6 Å². The Balaban J connectivity index is 1.96. The van der Waals surface area contributed by atoms with Gasteiger partial charge in [-0.05, 0) is 25.7 Å². The molecule has 11 heavy (non-hydrogen) atoms. The normalized spacial score (nSPS) is 41.0. The second kappa shape index (κ2) is 2.23. The average molecular weight is 154 g/mol. The minimum atomic E-state index is -0.102. The minimum Gasteiger partial charge on any atom is -0.459 e. The van der Waals surface area contributed by atoms with Crippen molar-refractivity contribution in [3.05, 3.63) is 0 Å². The molecule has 0 aliphatic heterocycles. The summed E-state index contributed by atoms with van der Waals surface area (Å²) in [6.07, 6.45) is 6.08. The summed E-state index contributed by atoms with van der Waals surface area (Å²) in [6, 6.07) is 0. The van der Waals surface area contributed by atoms with Gasteiger partial charge in [0.15, 0.2) is 0 Å². The number of rotatable bonds is 1. The van der Waals surface area contributed by atoms with E-state index in [1.165, 1.54) is 26.2 Å². The van der Waals surface area contributed by atoms with Gasteiger partial charge in [-0.15, -0.1) is 0 Å². The SMILES string of the molecule is CC(=O)O[C@@]12CCCC[C@@H]1C2. The third kappa shape index (κ3) is 1.15. The fourth-order valence-electron chi connectivity index (χ4n) is 2.31. The Morgan fingerprint density at radius 1 is 1.55 bits per heavy atom. The molecule has 2 atom stereocenters. The monoisotopic (exact) mass is 154 g/mol. The molecule has 0 aromatic carbocycles. The highest BCUT2D eigenvalue weighted by Crippen LogP contribution is 2.56. The summed E-state index contributed by atoms with van der Waals surface area (Å²) in [5.74, 6) is 0.606. The molecule has 2 fully saturated rings. The summed E-state index contributed by atoms with van der Waals surface area (Å²) in [5.41, 5.74) is 0.0179. The van der Waals surface area contributed by atoms with E-state index in [4.69, 9.17) is 4.74 Å². The second-order valence-electron chi connectivity index (χ2n) is 3.81. The van der Waals surface area contributed by atoms with Crippen molar-refractivity contribution in [1.29, 1.82) is 0 Å². The van der Waals surface area contributed by atoms with Gasteiger partial charge < -0.3 is 4.74 Å². The van der Waals surface area contributed by atoms with Crippen LogP contribution in [-0.2, 0) is 9.53 Å². The van der Waals surface area contributed by atoms with Gasteiger partial charge in [0, 0.05) is 12.8 Å². The van der Waals surface area contributed by atoms with Crippen LogP contribution in [0.5, 0.6) is 0 Å². The fourth-order valence-corrected chi connectivity index (χ4v) is 2.31. The molecule has 2 aliphatic rings. The molecule has 2 aliphatic carbocycles. The first-order valence-corrected chi connectivity index (χ1v) is 4.42. The van der Waals surface area contributed by atoms with Crippen LogP contribution in [0.25, 0.3) is 0 Å². The van der Waals surface area contributed by atoms with Crippen LogP contribution in [0.15, 0.2) is 0 Å². The van der Waals surface area contributed by atoms with Gasteiger partial charge in [-0.2, -0.15) is 0 Å². The third-order valence-corrected chi connectivity index (χ3v) is 2.93. The van der Waals surface area contributed by atoms with Crippen molar-refractivity contribution >= 4 is 5.97 Å². The Kier molecular flexibility index (Phi) is 1.44. The van der Waals surface area contributed by atoms with E-state index < -0.39 is 0 Å². The van der Waals surface area contributed by atoms with Crippen molar-refractivity contribution in [2.24, 2.45) is 5.92 Å². The number of ether oxygens (including phenoxy) is 1. The Morgan fingerprint density at radius 2 is 2.36 bits per heavy atom. The molecule has 0 N–H and O–H groups in total. The van der Waals surface area contributed by atoms with Crippen LogP contribution in [0.2, 0.25) is 0 Å². The van der Waals surface area contributed by atoms with Crippen molar-refractivity contribution < 1.29 is 9.53 Å². The van der Waals surface area contributed by atoms with Crippen LogP contribution >= 0.6 is 0 Å². The van der Waals surface area contributed by atoms with Crippen LogP contribution < -0.4 is 0 Å². The summed E-state index contributed by atoms with van der Waals surface area (Å²) in [7, 11) is 0. The van der Waals surface area contributed by atoms with E-state index in [1.54, 1.807) is 0 Å². The molecule has 2 nitrogen and oxygen atoms in total. The van der Waals surface area contributed by atoms with Crippen molar-refractivity contribution in [1.82, 2.24) is 0 Å². The lowest BCUT2D eigenvalue weighted by atomic mass is 9.98. The van der Waals surface area contributed by atoms with Gasteiger partial charge in [-0.25, -0.2) is 0 Å². The topological polar surface area (TPSA) is 26.3 Å². The van der Waals surface area contributed by atoms with E-state index in [1.807, 2.05) is 0 Å². The number of carbonyl (C=O) groups excluding carboxylic acids is 1. The molecule has 0 amide bonds. The number of hydrogen-bond donors (Lipinski definition) is 0.